The van der Waals surface area contributed by atoms with Crippen LogP contribution >= 0.6 is 0 Å². The van der Waals surface area contributed by atoms with Gasteiger partial charge in [0.05, 0.1) is 6.61 Å². The summed E-state index contributed by atoms with van der Waals surface area (Å²) in [6.07, 6.45) is 2.04. The largest absolute Gasteiger partial charge is 0.492 e. The fraction of sp³-hybridized carbons (Fsp3) is 0.462. The van der Waals surface area contributed by atoms with Gasteiger partial charge >= 0.3 is 5.97 Å². The predicted molar refractivity (Wildman–Crippen MR) is 62.9 cm³/mol. The van der Waals surface area contributed by atoms with Crippen molar-refractivity contribution in [2.24, 2.45) is 5.92 Å². The maximum atomic E-state index is 13.3. The molecule has 0 saturated heterocycles. The summed E-state index contributed by atoms with van der Waals surface area (Å²) in [5.74, 6) is -1.65. The van der Waals surface area contributed by atoms with Crippen LogP contribution in [0.25, 0.3) is 0 Å². The first kappa shape index (κ1) is 13.5. The summed E-state index contributed by atoms with van der Waals surface area (Å²) in [6, 6.07) is 4.04. The Bertz CT molecular complexity index is 390. The van der Waals surface area contributed by atoms with Crippen molar-refractivity contribution in [3.8, 4) is 5.75 Å². The monoisotopic (exact) mass is 240 g/mol. The molecule has 0 aliphatic rings. The zero-order valence-corrected chi connectivity index (χ0v) is 10.1. The Hall–Kier alpha value is -1.58. The Labute approximate surface area is 100 Å². The molecule has 17 heavy (non-hydrogen) atoms. The van der Waals surface area contributed by atoms with Crippen molar-refractivity contribution in [1.82, 2.24) is 0 Å². The Morgan fingerprint density at radius 2 is 2.24 bits per heavy atom. The molecule has 0 aromatic heterocycles. The third-order valence-electron chi connectivity index (χ3n) is 2.49. The summed E-state index contributed by atoms with van der Waals surface area (Å²) >= 11 is 0. The van der Waals surface area contributed by atoms with Gasteiger partial charge in [0.25, 0.3) is 0 Å². The van der Waals surface area contributed by atoms with Gasteiger partial charge in [0.2, 0.25) is 0 Å². The molecular formula is C13H17FO3. The number of hydrogen-bond donors (Lipinski definition) is 1. The van der Waals surface area contributed by atoms with Crippen molar-refractivity contribution in [1.29, 1.82) is 0 Å². The molecule has 0 saturated carbocycles. The molecule has 4 heteroatoms. The Balaban J connectivity index is 2.77. The molecule has 0 bridgehead atoms. The van der Waals surface area contributed by atoms with Crippen LogP contribution in [0, 0.1) is 11.7 Å². The highest BCUT2D eigenvalue weighted by molar-refractivity contribution is 5.91. The lowest BCUT2D eigenvalue weighted by Gasteiger charge is -2.13. The van der Waals surface area contributed by atoms with Gasteiger partial charge in [-0.1, -0.05) is 26.3 Å². The first-order valence-electron chi connectivity index (χ1n) is 5.70. The molecular weight excluding hydrogens is 223 g/mol. The second kappa shape index (κ2) is 6.23. The highest BCUT2D eigenvalue weighted by Crippen LogP contribution is 2.22. The molecule has 0 aliphatic heterocycles. The number of hydrogen-bond acceptors (Lipinski definition) is 2. The lowest BCUT2D eigenvalue weighted by Crippen LogP contribution is -2.11. The van der Waals surface area contributed by atoms with Crippen LogP contribution in [0.2, 0.25) is 0 Å². The number of ether oxygens (including phenoxy) is 1. The van der Waals surface area contributed by atoms with Crippen molar-refractivity contribution in [2.45, 2.75) is 26.7 Å². The van der Waals surface area contributed by atoms with Gasteiger partial charge in [-0.15, -0.1) is 0 Å². The fourth-order valence-electron chi connectivity index (χ4n) is 1.64. The summed E-state index contributed by atoms with van der Waals surface area (Å²) in [4.78, 5) is 10.9. The van der Waals surface area contributed by atoms with Crippen LogP contribution in [-0.2, 0) is 0 Å². The molecule has 1 unspecified atom stereocenters. The Morgan fingerprint density at radius 3 is 2.82 bits per heavy atom. The van der Waals surface area contributed by atoms with Crippen molar-refractivity contribution >= 4 is 5.97 Å². The lowest BCUT2D eigenvalue weighted by molar-refractivity contribution is 0.0685. The predicted octanol–water partition coefficient (Wildman–Crippen LogP) is 3.34. The van der Waals surface area contributed by atoms with E-state index in [1.165, 1.54) is 12.1 Å². The number of halogens is 1. The molecule has 1 aromatic rings. The summed E-state index contributed by atoms with van der Waals surface area (Å²) in [7, 11) is 0. The van der Waals surface area contributed by atoms with Gasteiger partial charge in [-0.25, -0.2) is 9.18 Å². The Kier molecular flexibility index (Phi) is 4.94. The average molecular weight is 240 g/mol. The van der Waals surface area contributed by atoms with E-state index in [2.05, 4.69) is 6.92 Å². The number of carboxylic acids is 1. The summed E-state index contributed by atoms with van der Waals surface area (Å²) < 4.78 is 18.7. The zero-order chi connectivity index (χ0) is 12.8. The maximum absolute atomic E-state index is 13.3. The summed E-state index contributed by atoms with van der Waals surface area (Å²) in [5, 5.41) is 8.90. The van der Waals surface area contributed by atoms with Crippen molar-refractivity contribution < 1.29 is 19.0 Å². The van der Waals surface area contributed by atoms with E-state index in [9.17, 15) is 9.18 Å². The highest BCUT2D eigenvalue weighted by atomic mass is 19.1. The standard InChI is InChI=1S/C13H17FO3/c1-3-5-9(2)8-17-11-7-4-6-10(14)12(11)13(15)16/h4,6-7,9H,3,5,8H2,1-2H3,(H,15,16). The van der Waals surface area contributed by atoms with Crippen LogP contribution in [0.4, 0.5) is 4.39 Å². The molecule has 1 N–H and O–H groups in total. The van der Waals surface area contributed by atoms with Gasteiger partial charge in [-0.3, -0.25) is 0 Å². The third-order valence-corrected chi connectivity index (χ3v) is 2.49. The van der Waals surface area contributed by atoms with E-state index in [1.54, 1.807) is 0 Å². The number of benzene rings is 1. The molecule has 3 nitrogen and oxygen atoms in total. The van der Waals surface area contributed by atoms with Gasteiger partial charge in [-0.05, 0) is 24.5 Å². The van der Waals surface area contributed by atoms with E-state index < -0.39 is 17.3 Å². The molecule has 1 atom stereocenters. The van der Waals surface area contributed by atoms with E-state index in [0.717, 1.165) is 18.9 Å². The van der Waals surface area contributed by atoms with E-state index in [1.807, 2.05) is 6.92 Å². The minimum absolute atomic E-state index is 0.0976. The van der Waals surface area contributed by atoms with Crippen LogP contribution < -0.4 is 4.74 Å². The minimum Gasteiger partial charge on any atom is -0.492 e. The number of aromatic carboxylic acids is 1. The maximum Gasteiger partial charge on any atom is 0.342 e. The average Bonchev–Trinajstić information content (AvgIpc) is 2.26. The van der Waals surface area contributed by atoms with Gasteiger partial charge < -0.3 is 9.84 Å². The van der Waals surface area contributed by atoms with Crippen molar-refractivity contribution in [3.05, 3.63) is 29.6 Å². The molecule has 0 amide bonds. The van der Waals surface area contributed by atoms with E-state index in [0.29, 0.717) is 12.5 Å². The molecule has 0 heterocycles. The van der Waals surface area contributed by atoms with E-state index in [4.69, 9.17) is 9.84 Å². The molecule has 0 radical (unpaired) electrons. The SMILES string of the molecule is CCCC(C)COc1cccc(F)c1C(=O)O. The van der Waals surface area contributed by atoms with Gasteiger partial charge in [0.15, 0.2) is 0 Å². The van der Waals surface area contributed by atoms with Gasteiger partial charge in [-0.2, -0.15) is 0 Å². The quantitative estimate of drug-likeness (QED) is 0.829. The van der Waals surface area contributed by atoms with Gasteiger partial charge in [0, 0.05) is 0 Å². The highest BCUT2D eigenvalue weighted by Gasteiger charge is 2.17. The summed E-state index contributed by atoms with van der Waals surface area (Å²) in [5.41, 5.74) is -0.392. The molecule has 1 aromatic carbocycles. The van der Waals surface area contributed by atoms with Crippen molar-refractivity contribution in [2.75, 3.05) is 6.61 Å². The van der Waals surface area contributed by atoms with Crippen molar-refractivity contribution in [3.63, 3.8) is 0 Å². The molecule has 0 fully saturated rings. The first-order valence-corrected chi connectivity index (χ1v) is 5.70. The van der Waals surface area contributed by atoms with Crippen LogP contribution in [0.1, 0.15) is 37.0 Å². The first-order chi connectivity index (χ1) is 8.06. The molecule has 1 rings (SSSR count). The van der Waals surface area contributed by atoms with Crippen LogP contribution in [0.5, 0.6) is 5.75 Å². The molecule has 0 spiro atoms. The van der Waals surface area contributed by atoms with E-state index >= 15 is 0 Å². The zero-order valence-electron chi connectivity index (χ0n) is 10.1. The van der Waals surface area contributed by atoms with Crippen LogP contribution in [0.15, 0.2) is 18.2 Å². The van der Waals surface area contributed by atoms with Gasteiger partial charge in [0.1, 0.15) is 17.1 Å². The fourth-order valence-corrected chi connectivity index (χ4v) is 1.64. The van der Waals surface area contributed by atoms with Crippen LogP contribution in [-0.4, -0.2) is 17.7 Å². The van der Waals surface area contributed by atoms with E-state index in [-0.39, 0.29) is 5.75 Å². The topological polar surface area (TPSA) is 46.5 Å². The van der Waals surface area contributed by atoms with Crippen LogP contribution in [0.3, 0.4) is 0 Å². The Morgan fingerprint density at radius 1 is 1.53 bits per heavy atom. The second-order valence-electron chi connectivity index (χ2n) is 4.12. The molecule has 94 valence electrons. The molecule has 0 aliphatic carbocycles. The normalized spacial score (nSPS) is 12.2. The summed E-state index contributed by atoms with van der Waals surface area (Å²) in [6.45, 7) is 4.49. The number of rotatable bonds is 6. The number of carbonyl (C=O) groups is 1. The lowest BCUT2D eigenvalue weighted by atomic mass is 10.1. The third kappa shape index (κ3) is 3.73. The minimum atomic E-state index is -1.30. The number of carboxylic acid groups (broad SMARTS) is 1. The smallest absolute Gasteiger partial charge is 0.342 e. The second-order valence-corrected chi connectivity index (χ2v) is 4.12.